The van der Waals surface area contributed by atoms with Gasteiger partial charge in [0.25, 0.3) is 0 Å². The summed E-state index contributed by atoms with van der Waals surface area (Å²) in [6.45, 7) is 6.06. The minimum absolute atomic E-state index is 0.185. The molecule has 1 heterocycles. The van der Waals surface area contributed by atoms with E-state index in [4.69, 9.17) is 5.73 Å². The Balaban J connectivity index is 2.47. The van der Waals surface area contributed by atoms with Crippen molar-refractivity contribution >= 4 is 17.2 Å². The number of piperazine rings is 1. The molecule has 1 atom stereocenters. The second kappa shape index (κ2) is 6.55. The number of hydrogen-bond acceptors (Lipinski definition) is 4. The Morgan fingerprint density at radius 3 is 2.00 bits per heavy atom. The Bertz CT molecular complexity index is 336. The topological polar surface area (TPSA) is 52.7 Å². The Kier molecular flexibility index (Phi) is 5.77. The number of rotatable bonds is 5. The zero-order chi connectivity index (χ0) is 15.6. The summed E-state index contributed by atoms with van der Waals surface area (Å²) in [4.78, 5) is 3.26. The molecule has 1 aliphatic rings. The van der Waals surface area contributed by atoms with Gasteiger partial charge in [0.05, 0.1) is 10.6 Å². The molecule has 4 nitrogen and oxygen atoms in total. The SMILES string of the molecule is CC(C)(O)CN1CCN(CC(C(N)=S)C(F)(F)F)CC1. The van der Waals surface area contributed by atoms with Gasteiger partial charge in [-0.3, -0.25) is 9.80 Å². The first kappa shape index (κ1) is 17.6. The molecule has 0 bridgehead atoms. The summed E-state index contributed by atoms with van der Waals surface area (Å²) in [5, 5.41) is 9.72. The highest BCUT2D eigenvalue weighted by Gasteiger charge is 2.42. The molecule has 0 aromatic rings. The van der Waals surface area contributed by atoms with E-state index < -0.39 is 22.7 Å². The minimum Gasteiger partial charge on any atom is -0.393 e. The highest BCUT2D eigenvalue weighted by molar-refractivity contribution is 7.80. The van der Waals surface area contributed by atoms with Crippen LogP contribution < -0.4 is 5.73 Å². The van der Waals surface area contributed by atoms with Crippen molar-refractivity contribution in [2.45, 2.75) is 25.6 Å². The molecule has 0 aromatic heterocycles. The molecule has 0 radical (unpaired) electrons. The van der Waals surface area contributed by atoms with E-state index in [1.807, 2.05) is 4.90 Å². The lowest BCUT2D eigenvalue weighted by Gasteiger charge is -2.38. The molecule has 0 aliphatic carbocycles. The maximum atomic E-state index is 12.8. The first-order valence-electron chi connectivity index (χ1n) is 6.52. The van der Waals surface area contributed by atoms with E-state index in [1.54, 1.807) is 18.7 Å². The summed E-state index contributed by atoms with van der Waals surface area (Å²) in [5.41, 5.74) is 4.40. The van der Waals surface area contributed by atoms with Crippen molar-refractivity contribution in [1.82, 2.24) is 9.80 Å². The van der Waals surface area contributed by atoms with E-state index in [1.165, 1.54) is 0 Å². The van der Waals surface area contributed by atoms with E-state index in [-0.39, 0.29) is 6.54 Å². The molecule has 118 valence electrons. The first-order valence-corrected chi connectivity index (χ1v) is 6.93. The largest absolute Gasteiger partial charge is 0.399 e. The number of thiocarbonyl (C=S) groups is 1. The summed E-state index contributed by atoms with van der Waals surface area (Å²) in [6.07, 6.45) is -4.39. The van der Waals surface area contributed by atoms with Crippen LogP contribution in [0.4, 0.5) is 13.2 Å². The third-order valence-corrected chi connectivity index (χ3v) is 3.54. The smallest absolute Gasteiger partial charge is 0.393 e. The number of hydrogen-bond donors (Lipinski definition) is 2. The first-order chi connectivity index (χ1) is 8.99. The average molecular weight is 313 g/mol. The van der Waals surface area contributed by atoms with Crippen LogP contribution in [-0.2, 0) is 0 Å². The quantitative estimate of drug-likeness (QED) is 0.737. The lowest BCUT2D eigenvalue weighted by Crippen LogP contribution is -2.53. The maximum absolute atomic E-state index is 12.8. The molecule has 1 saturated heterocycles. The van der Waals surface area contributed by atoms with E-state index >= 15 is 0 Å². The molecule has 0 saturated carbocycles. The van der Waals surface area contributed by atoms with Gasteiger partial charge in [-0.2, -0.15) is 13.2 Å². The van der Waals surface area contributed by atoms with Crippen LogP contribution in [0.5, 0.6) is 0 Å². The Morgan fingerprint density at radius 1 is 1.20 bits per heavy atom. The predicted octanol–water partition coefficient (Wildman–Crippen LogP) is 0.840. The van der Waals surface area contributed by atoms with Crippen molar-refractivity contribution in [3.63, 3.8) is 0 Å². The molecule has 3 N–H and O–H groups in total. The van der Waals surface area contributed by atoms with E-state index in [9.17, 15) is 18.3 Å². The van der Waals surface area contributed by atoms with Crippen LogP contribution in [0.2, 0.25) is 0 Å². The molecule has 0 amide bonds. The predicted molar refractivity (Wildman–Crippen MR) is 75.5 cm³/mol. The fraction of sp³-hybridized carbons (Fsp3) is 0.917. The standard InChI is InChI=1S/C12H22F3N3OS/c1-11(2,19)8-18-5-3-17(4-6-18)7-9(10(16)20)12(13,14)15/h9,19H,3-8H2,1-2H3,(H2,16,20). The highest BCUT2D eigenvalue weighted by atomic mass is 32.1. The van der Waals surface area contributed by atoms with E-state index in [2.05, 4.69) is 12.2 Å². The van der Waals surface area contributed by atoms with Crippen molar-refractivity contribution in [3.8, 4) is 0 Å². The van der Waals surface area contributed by atoms with Crippen LogP contribution in [0.3, 0.4) is 0 Å². The molecule has 0 spiro atoms. The Labute approximate surface area is 122 Å². The zero-order valence-electron chi connectivity index (χ0n) is 11.8. The number of nitrogens with zero attached hydrogens (tertiary/aromatic N) is 2. The molecule has 20 heavy (non-hydrogen) atoms. The van der Waals surface area contributed by atoms with Crippen LogP contribution in [0, 0.1) is 5.92 Å². The van der Waals surface area contributed by atoms with Crippen LogP contribution in [0.1, 0.15) is 13.8 Å². The van der Waals surface area contributed by atoms with Crippen LogP contribution in [0.25, 0.3) is 0 Å². The van der Waals surface area contributed by atoms with E-state index in [0.29, 0.717) is 32.7 Å². The van der Waals surface area contributed by atoms with E-state index in [0.717, 1.165) is 0 Å². The number of β-amino-alcohol motifs (C(OH)–C–C–N with tert-alkyl or cyclic N) is 1. The summed E-state index contributed by atoms with van der Waals surface area (Å²) in [5.74, 6) is -1.75. The van der Waals surface area contributed by atoms with Gasteiger partial charge < -0.3 is 10.8 Å². The minimum atomic E-state index is -4.39. The highest BCUT2D eigenvalue weighted by Crippen LogP contribution is 2.27. The molecule has 8 heteroatoms. The lowest BCUT2D eigenvalue weighted by molar-refractivity contribution is -0.160. The van der Waals surface area contributed by atoms with Gasteiger partial charge in [-0.25, -0.2) is 0 Å². The second-order valence-corrected chi connectivity index (χ2v) is 6.36. The van der Waals surface area contributed by atoms with Crippen molar-refractivity contribution in [3.05, 3.63) is 0 Å². The van der Waals surface area contributed by atoms with Gasteiger partial charge >= 0.3 is 6.18 Å². The third kappa shape index (κ3) is 5.90. The fourth-order valence-electron chi connectivity index (χ4n) is 2.29. The molecular weight excluding hydrogens is 291 g/mol. The molecule has 1 rings (SSSR count). The summed E-state index contributed by atoms with van der Waals surface area (Å²) < 4.78 is 38.4. The Morgan fingerprint density at radius 2 is 1.65 bits per heavy atom. The van der Waals surface area contributed by atoms with Crippen molar-refractivity contribution in [2.24, 2.45) is 11.7 Å². The van der Waals surface area contributed by atoms with Crippen molar-refractivity contribution in [2.75, 3.05) is 39.3 Å². The van der Waals surface area contributed by atoms with Gasteiger partial charge in [0.15, 0.2) is 0 Å². The van der Waals surface area contributed by atoms with Gasteiger partial charge in [-0.05, 0) is 13.8 Å². The molecule has 1 fully saturated rings. The number of aliphatic hydroxyl groups is 1. The van der Waals surface area contributed by atoms with Crippen molar-refractivity contribution < 1.29 is 18.3 Å². The molecule has 0 aromatic carbocycles. The zero-order valence-corrected chi connectivity index (χ0v) is 12.6. The second-order valence-electron chi connectivity index (χ2n) is 5.89. The normalized spacial score (nSPS) is 20.9. The van der Waals surface area contributed by atoms with Crippen LogP contribution in [0.15, 0.2) is 0 Å². The summed E-state index contributed by atoms with van der Waals surface area (Å²) in [6, 6.07) is 0. The van der Waals surface area contributed by atoms with Gasteiger partial charge in [-0.1, -0.05) is 12.2 Å². The third-order valence-electron chi connectivity index (χ3n) is 3.25. The average Bonchev–Trinajstić information content (AvgIpc) is 2.23. The van der Waals surface area contributed by atoms with Crippen LogP contribution in [-0.4, -0.2) is 70.9 Å². The van der Waals surface area contributed by atoms with Gasteiger partial charge in [0.2, 0.25) is 0 Å². The van der Waals surface area contributed by atoms with Gasteiger partial charge in [0, 0.05) is 39.3 Å². The maximum Gasteiger partial charge on any atom is 0.399 e. The molecular formula is C12H22F3N3OS. The number of halogens is 3. The van der Waals surface area contributed by atoms with Crippen LogP contribution >= 0.6 is 12.2 Å². The van der Waals surface area contributed by atoms with Gasteiger partial charge in [0.1, 0.15) is 5.92 Å². The summed E-state index contributed by atoms with van der Waals surface area (Å²) >= 11 is 4.52. The molecule has 1 unspecified atom stereocenters. The Hall–Kier alpha value is -0.440. The molecule has 1 aliphatic heterocycles. The number of nitrogens with two attached hydrogens (primary N) is 1. The number of alkyl halides is 3. The monoisotopic (exact) mass is 313 g/mol. The van der Waals surface area contributed by atoms with Gasteiger partial charge in [-0.15, -0.1) is 0 Å². The summed E-state index contributed by atoms with van der Waals surface area (Å²) in [7, 11) is 0. The fourth-order valence-corrected chi connectivity index (χ4v) is 2.50. The lowest BCUT2D eigenvalue weighted by atomic mass is 10.1. The van der Waals surface area contributed by atoms with Crippen molar-refractivity contribution in [1.29, 1.82) is 0 Å².